The van der Waals surface area contributed by atoms with E-state index in [2.05, 4.69) is 15.3 Å². The van der Waals surface area contributed by atoms with Crippen molar-refractivity contribution in [1.82, 2.24) is 15.3 Å². The highest BCUT2D eigenvalue weighted by Gasteiger charge is 2.35. The van der Waals surface area contributed by atoms with Crippen molar-refractivity contribution in [3.63, 3.8) is 0 Å². The van der Waals surface area contributed by atoms with Gasteiger partial charge in [0.2, 0.25) is 0 Å². The molecule has 3 rings (SSSR count). The van der Waals surface area contributed by atoms with Crippen LogP contribution < -0.4 is 5.32 Å². The van der Waals surface area contributed by atoms with Crippen LogP contribution in [-0.4, -0.2) is 27.0 Å². The number of carboxylic acid groups (broad SMARTS) is 1. The molecule has 0 aromatic carbocycles. The lowest BCUT2D eigenvalue weighted by molar-refractivity contribution is 0.0690. The maximum atomic E-state index is 12.8. The minimum absolute atomic E-state index is 0.0642. The average Bonchev–Trinajstić information content (AvgIpc) is 3.30. The second kappa shape index (κ2) is 6.11. The molecule has 0 radical (unpaired) electrons. The topological polar surface area (TPSA) is 95.1 Å². The molecular formula is C18H21N3O3. The number of H-pyrrole nitrogens is 1. The Kier molecular flexibility index (Phi) is 4.13. The van der Waals surface area contributed by atoms with Gasteiger partial charge in [-0.25, -0.2) is 4.79 Å². The van der Waals surface area contributed by atoms with Crippen molar-refractivity contribution in [2.45, 2.75) is 39.7 Å². The predicted octanol–water partition coefficient (Wildman–Crippen LogP) is 2.91. The van der Waals surface area contributed by atoms with Crippen molar-refractivity contribution in [3.05, 3.63) is 52.1 Å². The zero-order valence-electron chi connectivity index (χ0n) is 14.0. The molecule has 6 heteroatoms. The molecular weight excluding hydrogens is 306 g/mol. The maximum absolute atomic E-state index is 12.8. The second-order valence-corrected chi connectivity index (χ2v) is 6.42. The van der Waals surface area contributed by atoms with Crippen LogP contribution in [0.2, 0.25) is 0 Å². The number of carboxylic acids is 1. The van der Waals surface area contributed by atoms with E-state index >= 15 is 0 Å². The number of rotatable bonds is 5. The van der Waals surface area contributed by atoms with Crippen LogP contribution in [0.5, 0.6) is 0 Å². The minimum Gasteiger partial charge on any atom is -0.477 e. The molecule has 0 spiro atoms. The van der Waals surface area contributed by atoms with Gasteiger partial charge in [-0.05, 0) is 57.2 Å². The fourth-order valence-corrected chi connectivity index (χ4v) is 3.12. The number of pyridine rings is 1. The van der Waals surface area contributed by atoms with E-state index in [0.717, 1.165) is 24.2 Å². The summed E-state index contributed by atoms with van der Waals surface area (Å²) in [5.41, 5.74) is 3.27. The minimum atomic E-state index is -1.06. The fraction of sp³-hybridized carbons (Fsp3) is 0.389. The third-order valence-corrected chi connectivity index (χ3v) is 4.49. The molecule has 1 atom stereocenters. The van der Waals surface area contributed by atoms with Crippen LogP contribution in [0.3, 0.4) is 0 Å². The molecule has 2 aromatic rings. The second-order valence-electron chi connectivity index (χ2n) is 6.42. The van der Waals surface area contributed by atoms with Crippen LogP contribution in [0.4, 0.5) is 0 Å². The highest BCUT2D eigenvalue weighted by Crippen LogP contribution is 2.40. The molecule has 3 N–H and O–H groups in total. The molecule has 1 unspecified atom stereocenters. The van der Waals surface area contributed by atoms with Gasteiger partial charge in [-0.1, -0.05) is 6.07 Å². The lowest BCUT2D eigenvalue weighted by Gasteiger charge is -2.18. The first kappa shape index (κ1) is 16.2. The summed E-state index contributed by atoms with van der Waals surface area (Å²) in [6, 6.07) is 5.65. The molecule has 0 saturated heterocycles. The van der Waals surface area contributed by atoms with Gasteiger partial charge in [-0.15, -0.1) is 0 Å². The van der Waals surface area contributed by atoms with Gasteiger partial charge in [0.15, 0.2) is 0 Å². The number of aromatic nitrogens is 2. The van der Waals surface area contributed by atoms with Gasteiger partial charge in [0.05, 0.1) is 17.3 Å². The molecule has 0 bridgehead atoms. The number of carbonyl (C=O) groups is 2. The number of nitrogens with zero attached hydrogens (tertiary/aromatic N) is 1. The van der Waals surface area contributed by atoms with E-state index in [1.807, 2.05) is 25.1 Å². The molecule has 1 aliphatic carbocycles. The Morgan fingerprint density at radius 3 is 2.54 bits per heavy atom. The number of hydrogen-bond acceptors (Lipinski definition) is 3. The summed E-state index contributed by atoms with van der Waals surface area (Å²) in [6.45, 7) is 5.29. The molecule has 2 heterocycles. The van der Waals surface area contributed by atoms with Crippen molar-refractivity contribution in [2.24, 2.45) is 5.92 Å². The van der Waals surface area contributed by atoms with Crippen molar-refractivity contribution < 1.29 is 14.7 Å². The molecule has 126 valence electrons. The summed E-state index contributed by atoms with van der Waals surface area (Å²) >= 11 is 0. The van der Waals surface area contributed by atoms with Crippen molar-refractivity contribution in [2.75, 3.05) is 0 Å². The third-order valence-electron chi connectivity index (χ3n) is 4.49. The molecule has 24 heavy (non-hydrogen) atoms. The summed E-state index contributed by atoms with van der Waals surface area (Å²) < 4.78 is 0. The Balaban J connectivity index is 1.89. The van der Waals surface area contributed by atoms with Gasteiger partial charge in [0, 0.05) is 11.4 Å². The fourth-order valence-electron chi connectivity index (χ4n) is 3.12. The standard InChI is InChI=1S/C18H21N3O3/c1-9-5-4-6-13(19-9)16(12-7-8-12)21-17(22)14-10(2)15(18(23)24)20-11(14)3/h4-6,12,16,20H,7-8H2,1-3H3,(H,21,22)(H,23,24). The van der Waals surface area contributed by atoms with Crippen LogP contribution >= 0.6 is 0 Å². The first-order valence-corrected chi connectivity index (χ1v) is 8.05. The van der Waals surface area contributed by atoms with Crippen molar-refractivity contribution in [3.8, 4) is 0 Å². The molecule has 1 fully saturated rings. The highest BCUT2D eigenvalue weighted by atomic mass is 16.4. The lowest BCUT2D eigenvalue weighted by atomic mass is 10.0. The van der Waals surface area contributed by atoms with E-state index in [4.69, 9.17) is 0 Å². The van der Waals surface area contributed by atoms with Gasteiger partial charge in [-0.2, -0.15) is 0 Å². The Morgan fingerprint density at radius 2 is 2.00 bits per heavy atom. The Morgan fingerprint density at radius 1 is 1.29 bits per heavy atom. The molecule has 1 aliphatic rings. The smallest absolute Gasteiger partial charge is 0.352 e. The number of aromatic carboxylic acids is 1. The average molecular weight is 327 g/mol. The van der Waals surface area contributed by atoms with E-state index < -0.39 is 5.97 Å². The van der Waals surface area contributed by atoms with Crippen molar-refractivity contribution in [1.29, 1.82) is 0 Å². The zero-order chi connectivity index (χ0) is 17.4. The summed E-state index contributed by atoms with van der Waals surface area (Å²) in [4.78, 5) is 31.3. The lowest BCUT2D eigenvalue weighted by Crippen LogP contribution is -2.31. The van der Waals surface area contributed by atoms with E-state index in [9.17, 15) is 14.7 Å². The van der Waals surface area contributed by atoms with E-state index in [-0.39, 0.29) is 17.6 Å². The van der Waals surface area contributed by atoms with Crippen molar-refractivity contribution >= 4 is 11.9 Å². The molecule has 1 amide bonds. The van der Waals surface area contributed by atoms with Gasteiger partial charge in [-0.3, -0.25) is 9.78 Å². The van der Waals surface area contributed by atoms with Crippen LogP contribution in [0.25, 0.3) is 0 Å². The van der Waals surface area contributed by atoms with Gasteiger partial charge < -0.3 is 15.4 Å². The van der Waals surface area contributed by atoms with Gasteiger partial charge in [0.25, 0.3) is 5.91 Å². The Labute approximate surface area is 140 Å². The monoisotopic (exact) mass is 327 g/mol. The molecule has 0 aliphatic heterocycles. The first-order valence-electron chi connectivity index (χ1n) is 8.05. The summed E-state index contributed by atoms with van der Waals surface area (Å²) in [5, 5.41) is 12.3. The number of amides is 1. The zero-order valence-corrected chi connectivity index (χ0v) is 14.0. The number of aryl methyl sites for hydroxylation is 2. The highest BCUT2D eigenvalue weighted by molar-refractivity contribution is 6.01. The summed E-state index contributed by atoms with van der Waals surface area (Å²) in [5.74, 6) is -0.926. The predicted molar refractivity (Wildman–Crippen MR) is 89.1 cm³/mol. The Bertz CT molecular complexity index is 806. The largest absolute Gasteiger partial charge is 0.477 e. The van der Waals surface area contributed by atoms with Crippen LogP contribution in [-0.2, 0) is 0 Å². The third kappa shape index (κ3) is 3.04. The van der Waals surface area contributed by atoms with Crippen LogP contribution in [0, 0.1) is 26.7 Å². The van der Waals surface area contributed by atoms with Gasteiger partial charge in [0.1, 0.15) is 5.69 Å². The number of nitrogens with one attached hydrogen (secondary N) is 2. The number of carbonyl (C=O) groups excluding carboxylic acids is 1. The summed E-state index contributed by atoms with van der Waals surface area (Å²) in [6.07, 6.45) is 2.12. The normalized spacial score (nSPS) is 15.1. The van der Waals surface area contributed by atoms with Gasteiger partial charge >= 0.3 is 5.97 Å². The molecule has 2 aromatic heterocycles. The molecule has 1 saturated carbocycles. The Hall–Kier alpha value is -2.63. The van der Waals surface area contributed by atoms with E-state index in [0.29, 0.717) is 22.7 Å². The van der Waals surface area contributed by atoms with Crippen LogP contribution in [0.15, 0.2) is 18.2 Å². The quantitative estimate of drug-likeness (QED) is 0.787. The number of hydrogen-bond donors (Lipinski definition) is 3. The van der Waals surface area contributed by atoms with Crippen LogP contribution in [0.1, 0.15) is 62.4 Å². The van der Waals surface area contributed by atoms with E-state index in [1.54, 1.807) is 13.8 Å². The summed E-state index contributed by atoms with van der Waals surface area (Å²) in [7, 11) is 0. The SMILES string of the molecule is Cc1cccc(C(NC(=O)c2c(C)[nH]c(C(=O)O)c2C)C2CC2)n1. The maximum Gasteiger partial charge on any atom is 0.352 e. The molecule has 6 nitrogen and oxygen atoms in total. The first-order chi connectivity index (χ1) is 11.4. The number of aromatic amines is 1. The van der Waals surface area contributed by atoms with E-state index in [1.165, 1.54) is 0 Å².